The molecule has 0 aromatic heterocycles. The maximum atomic E-state index is 13.6. The number of nitrogens with zero attached hydrogens (tertiary/aromatic N) is 3. The molecule has 0 aliphatic carbocycles. The normalized spacial score (nSPS) is 13.3. The minimum absolute atomic E-state index is 0.0917. The van der Waals surface area contributed by atoms with Crippen molar-refractivity contribution in [2.45, 2.75) is 171 Å². The molecule has 0 N–H and O–H groups in total. The molecule has 0 heterocycles. The fraction of sp³-hybridized carbons (Fsp3) is 0.745. The van der Waals surface area contributed by atoms with Gasteiger partial charge in [-0.25, -0.2) is 4.79 Å². The van der Waals surface area contributed by atoms with E-state index in [2.05, 4.69) is 0 Å². The second-order valence-corrected chi connectivity index (χ2v) is 21.7. The fourth-order valence-corrected chi connectivity index (χ4v) is 5.91. The van der Waals surface area contributed by atoms with E-state index in [1.54, 1.807) is 164 Å². The van der Waals surface area contributed by atoms with Crippen molar-refractivity contribution in [1.82, 2.24) is 14.7 Å². The van der Waals surface area contributed by atoms with E-state index in [-0.39, 0.29) is 65.4 Å². The molecular weight excluding hydrogens is 815 g/mol. The standard InChI is InChI=1S/C47H79N3O13/c1-42(2,3)58-36(51)27-48(23-24-49(28-37(52)59-43(4,5)6)29-38(53)60-44(7,8)9)26-34(25-33-19-21-35(22-20-33)57-32-41(56)63-47(16,17)18)50(30-39(54)61-45(10,11)12)31-40(55)62-46(13,14)15/h19-22,34H,23-32H2,1-18H3. The van der Waals surface area contributed by atoms with Crippen LogP contribution in [0.3, 0.4) is 0 Å². The molecule has 0 amide bonds. The molecule has 1 aromatic carbocycles. The molecule has 16 heteroatoms. The molecule has 1 rings (SSSR count). The zero-order chi connectivity index (χ0) is 48.8. The highest BCUT2D eigenvalue weighted by molar-refractivity contribution is 5.76. The van der Waals surface area contributed by atoms with Gasteiger partial charge in [0.1, 0.15) is 39.4 Å². The topological polar surface area (TPSA) is 177 Å². The first kappa shape index (κ1) is 56.7. The van der Waals surface area contributed by atoms with Crippen molar-refractivity contribution in [2.75, 3.05) is 59.0 Å². The van der Waals surface area contributed by atoms with Crippen LogP contribution in [0.5, 0.6) is 5.75 Å². The maximum Gasteiger partial charge on any atom is 0.344 e. The van der Waals surface area contributed by atoms with Gasteiger partial charge < -0.3 is 33.2 Å². The molecule has 0 aliphatic rings. The predicted molar refractivity (Wildman–Crippen MR) is 239 cm³/mol. The zero-order valence-corrected chi connectivity index (χ0v) is 41.6. The predicted octanol–water partition coefficient (Wildman–Crippen LogP) is 5.93. The number of rotatable bonds is 21. The van der Waals surface area contributed by atoms with Crippen LogP contribution in [0.4, 0.5) is 0 Å². The number of carbonyl (C=O) groups excluding carboxylic acids is 6. The van der Waals surface area contributed by atoms with Crippen LogP contribution in [0, 0.1) is 0 Å². The Kier molecular flexibility index (Phi) is 21.2. The van der Waals surface area contributed by atoms with E-state index in [4.69, 9.17) is 33.2 Å². The largest absolute Gasteiger partial charge is 0.482 e. The van der Waals surface area contributed by atoms with Crippen LogP contribution < -0.4 is 4.74 Å². The summed E-state index contributed by atoms with van der Waals surface area (Å²) in [4.78, 5) is 84.2. The molecule has 63 heavy (non-hydrogen) atoms. The number of carbonyl (C=O) groups is 6. The van der Waals surface area contributed by atoms with Crippen LogP contribution in [0.25, 0.3) is 0 Å². The van der Waals surface area contributed by atoms with Crippen molar-refractivity contribution in [3.8, 4) is 5.75 Å². The summed E-state index contributed by atoms with van der Waals surface area (Å²) in [5, 5.41) is 0. The maximum absolute atomic E-state index is 13.6. The van der Waals surface area contributed by atoms with Gasteiger partial charge >= 0.3 is 35.8 Å². The van der Waals surface area contributed by atoms with E-state index in [1.165, 1.54) is 0 Å². The van der Waals surface area contributed by atoms with Gasteiger partial charge in [0.25, 0.3) is 0 Å². The van der Waals surface area contributed by atoms with Crippen LogP contribution in [0.2, 0.25) is 0 Å². The van der Waals surface area contributed by atoms with E-state index in [9.17, 15) is 28.8 Å². The fourth-order valence-electron chi connectivity index (χ4n) is 5.91. The van der Waals surface area contributed by atoms with E-state index in [1.807, 2.05) is 0 Å². The highest BCUT2D eigenvalue weighted by Crippen LogP contribution is 2.20. The molecule has 0 radical (unpaired) electrons. The first-order valence-electron chi connectivity index (χ1n) is 21.6. The third-order valence-corrected chi connectivity index (χ3v) is 7.71. The Morgan fingerprint density at radius 2 is 0.730 bits per heavy atom. The molecule has 0 aliphatic heterocycles. The van der Waals surface area contributed by atoms with Crippen LogP contribution >= 0.6 is 0 Å². The highest BCUT2D eigenvalue weighted by Gasteiger charge is 2.32. The monoisotopic (exact) mass is 894 g/mol. The Labute approximate surface area is 376 Å². The number of benzene rings is 1. The van der Waals surface area contributed by atoms with Crippen LogP contribution in [0.1, 0.15) is 130 Å². The third-order valence-electron chi connectivity index (χ3n) is 7.71. The molecule has 360 valence electrons. The number of esters is 6. The first-order valence-corrected chi connectivity index (χ1v) is 21.6. The molecule has 1 atom stereocenters. The summed E-state index contributed by atoms with van der Waals surface area (Å²) in [6.07, 6.45) is 0.252. The summed E-state index contributed by atoms with van der Waals surface area (Å²) in [5.74, 6) is -2.91. The quantitative estimate of drug-likeness (QED) is 0.105. The summed E-state index contributed by atoms with van der Waals surface area (Å²) in [5.41, 5.74) is -3.92. The van der Waals surface area contributed by atoms with Gasteiger partial charge in [0.15, 0.2) is 6.61 Å². The van der Waals surface area contributed by atoms with Gasteiger partial charge in [-0.2, -0.15) is 0 Å². The molecule has 1 unspecified atom stereocenters. The van der Waals surface area contributed by atoms with Gasteiger partial charge in [0.2, 0.25) is 0 Å². The Bertz CT molecular complexity index is 1590. The van der Waals surface area contributed by atoms with Gasteiger partial charge in [0, 0.05) is 25.7 Å². The number of hydrogen-bond donors (Lipinski definition) is 0. The lowest BCUT2D eigenvalue weighted by Gasteiger charge is -2.36. The molecular formula is C47H79N3O13. The summed E-state index contributed by atoms with van der Waals surface area (Å²) < 4.78 is 39.4. The number of ether oxygens (including phenoxy) is 7. The van der Waals surface area contributed by atoms with Crippen molar-refractivity contribution in [2.24, 2.45) is 0 Å². The van der Waals surface area contributed by atoms with Crippen molar-refractivity contribution in [3.05, 3.63) is 29.8 Å². The van der Waals surface area contributed by atoms with Crippen LogP contribution in [-0.4, -0.2) is 149 Å². The van der Waals surface area contributed by atoms with E-state index < -0.39 is 75.5 Å². The third kappa shape index (κ3) is 29.7. The van der Waals surface area contributed by atoms with Gasteiger partial charge in [-0.3, -0.25) is 38.7 Å². The Hall–Kier alpha value is -4.28. The van der Waals surface area contributed by atoms with Crippen LogP contribution in [0.15, 0.2) is 24.3 Å². The van der Waals surface area contributed by atoms with E-state index >= 15 is 0 Å². The SMILES string of the molecule is CC(C)(C)OC(=O)COc1ccc(CC(CN(CCN(CC(=O)OC(C)(C)C)CC(=O)OC(C)(C)C)CC(=O)OC(C)(C)C)N(CC(=O)OC(C)(C)C)CC(=O)OC(C)(C)C)cc1. The minimum atomic E-state index is -0.826. The minimum Gasteiger partial charge on any atom is -0.482 e. The second-order valence-electron chi connectivity index (χ2n) is 21.7. The molecule has 16 nitrogen and oxygen atoms in total. The van der Waals surface area contributed by atoms with Crippen molar-refractivity contribution >= 4 is 35.8 Å². The van der Waals surface area contributed by atoms with Gasteiger partial charge in [-0.1, -0.05) is 12.1 Å². The average molecular weight is 894 g/mol. The lowest BCUT2D eigenvalue weighted by Crippen LogP contribution is -2.52. The van der Waals surface area contributed by atoms with Crippen molar-refractivity contribution < 1.29 is 61.9 Å². The summed E-state index contributed by atoms with van der Waals surface area (Å²) >= 11 is 0. The molecule has 0 spiro atoms. The zero-order valence-electron chi connectivity index (χ0n) is 41.6. The molecule has 0 saturated carbocycles. The molecule has 0 bridgehead atoms. The smallest absolute Gasteiger partial charge is 0.344 e. The van der Waals surface area contributed by atoms with Crippen molar-refractivity contribution in [3.63, 3.8) is 0 Å². The summed E-state index contributed by atoms with van der Waals surface area (Å²) in [6.45, 7) is 30.2. The lowest BCUT2D eigenvalue weighted by atomic mass is 10.0. The lowest BCUT2D eigenvalue weighted by molar-refractivity contribution is -0.163. The van der Waals surface area contributed by atoms with Gasteiger partial charge in [-0.15, -0.1) is 0 Å². The first-order chi connectivity index (χ1) is 28.3. The summed E-state index contributed by atoms with van der Waals surface area (Å²) in [6, 6.07) is 6.36. The average Bonchev–Trinajstić information content (AvgIpc) is 3.00. The summed E-state index contributed by atoms with van der Waals surface area (Å²) in [7, 11) is 0. The van der Waals surface area contributed by atoms with E-state index in [0.29, 0.717) is 5.75 Å². The Balaban J connectivity index is 3.80. The Morgan fingerprint density at radius 1 is 0.429 bits per heavy atom. The highest BCUT2D eigenvalue weighted by atomic mass is 16.6. The molecule has 1 aromatic rings. The van der Waals surface area contributed by atoms with E-state index in [0.717, 1.165) is 5.56 Å². The molecule has 0 fully saturated rings. The van der Waals surface area contributed by atoms with Gasteiger partial charge in [-0.05, 0) is 149 Å². The molecule has 0 saturated heterocycles. The van der Waals surface area contributed by atoms with Gasteiger partial charge in [0.05, 0.1) is 32.7 Å². The Morgan fingerprint density at radius 3 is 1.08 bits per heavy atom. The van der Waals surface area contributed by atoms with Crippen LogP contribution in [-0.2, 0) is 63.6 Å². The van der Waals surface area contributed by atoms with Crippen molar-refractivity contribution in [1.29, 1.82) is 0 Å². The second kappa shape index (κ2) is 23.6. The number of hydrogen-bond acceptors (Lipinski definition) is 16.